The van der Waals surface area contributed by atoms with Gasteiger partial charge in [0.25, 0.3) is 0 Å². The van der Waals surface area contributed by atoms with Gasteiger partial charge in [-0.15, -0.1) is 0 Å². The lowest BCUT2D eigenvalue weighted by Crippen LogP contribution is -2.00. The van der Waals surface area contributed by atoms with Gasteiger partial charge >= 0.3 is 0 Å². The van der Waals surface area contributed by atoms with Crippen LogP contribution in [-0.4, -0.2) is 0 Å². The molecular weight excluding hydrogens is 317 g/mol. The highest BCUT2D eigenvalue weighted by Crippen LogP contribution is 2.23. The molecule has 0 aromatic heterocycles. The molecule has 1 nitrogen and oxygen atoms in total. The third kappa shape index (κ3) is 3.24. The summed E-state index contributed by atoms with van der Waals surface area (Å²) in [7, 11) is 0. The molecule has 0 radical (unpaired) electrons. The van der Waals surface area contributed by atoms with Crippen molar-refractivity contribution < 1.29 is 4.39 Å². The van der Waals surface area contributed by atoms with Gasteiger partial charge in [-0.1, -0.05) is 17.7 Å². The predicted molar refractivity (Wildman–Crippen MR) is 77.6 cm³/mol. The Kier molecular flexibility index (Phi) is 4.25. The average molecular weight is 329 g/mol. The summed E-state index contributed by atoms with van der Waals surface area (Å²) < 4.78 is 14.0. The minimum absolute atomic E-state index is 0.185. The van der Waals surface area contributed by atoms with Gasteiger partial charge < -0.3 is 5.32 Å². The zero-order chi connectivity index (χ0) is 13.1. The quantitative estimate of drug-likeness (QED) is 0.820. The first kappa shape index (κ1) is 13.4. The van der Waals surface area contributed by atoms with Crippen LogP contribution in [-0.2, 0) is 6.54 Å². The molecular formula is C14H12BrClFN. The van der Waals surface area contributed by atoms with Gasteiger partial charge in [-0.05, 0) is 64.3 Å². The highest BCUT2D eigenvalue weighted by atomic mass is 79.9. The Hall–Kier alpha value is -1.06. The summed E-state index contributed by atoms with van der Waals surface area (Å²) >= 11 is 9.31. The molecule has 0 aliphatic heterocycles. The fourth-order valence-electron chi connectivity index (χ4n) is 1.61. The van der Waals surface area contributed by atoms with E-state index in [1.54, 1.807) is 19.1 Å². The molecule has 0 unspecified atom stereocenters. The van der Waals surface area contributed by atoms with E-state index < -0.39 is 0 Å². The van der Waals surface area contributed by atoms with Crippen LogP contribution in [0.2, 0.25) is 5.02 Å². The van der Waals surface area contributed by atoms with Gasteiger partial charge in [0.2, 0.25) is 0 Å². The normalized spacial score (nSPS) is 10.4. The SMILES string of the molecule is Cc1cc(NCc2ccc(Cl)c(Br)c2)ccc1F. The zero-order valence-electron chi connectivity index (χ0n) is 9.81. The van der Waals surface area contributed by atoms with Gasteiger partial charge in [0.05, 0.1) is 5.02 Å². The fraction of sp³-hybridized carbons (Fsp3) is 0.143. The first-order valence-corrected chi connectivity index (χ1v) is 6.67. The minimum atomic E-state index is -0.185. The second-order valence-electron chi connectivity index (χ2n) is 4.07. The molecule has 1 N–H and O–H groups in total. The molecule has 0 amide bonds. The Morgan fingerprint density at radius 3 is 2.67 bits per heavy atom. The van der Waals surface area contributed by atoms with Crippen LogP contribution >= 0.6 is 27.5 Å². The Bertz CT molecular complexity index is 520. The van der Waals surface area contributed by atoms with E-state index in [2.05, 4.69) is 21.2 Å². The highest BCUT2D eigenvalue weighted by Gasteiger charge is 2.01. The summed E-state index contributed by atoms with van der Waals surface area (Å²) in [5.41, 5.74) is 2.64. The molecule has 0 spiro atoms. The molecule has 0 aliphatic carbocycles. The van der Waals surface area contributed by atoms with Crippen molar-refractivity contribution in [3.05, 3.63) is 62.8 Å². The molecule has 2 aromatic rings. The van der Waals surface area contributed by atoms with Gasteiger partial charge in [0, 0.05) is 16.7 Å². The van der Waals surface area contributed by atoms with Crippen molar-refractivity contribution in [1.82, 2.24) is 0 Å². The topological polar surface area (TPSA) is 12.0 Å². The molecule has 18 heavy (non-hydrogen) atoms. The maximum Gasteiger partial charge on any atom is 0.126 e. The summed E-state index contributed by atoms with van der Waals surface area (Å²) in [5.74, 6) is -0.185. The number of halogens is 3. The van der Waals surface area contributed by atoms with Crippen molar-refractivity contribution >= 4 is 33.2 Å². The summed E-state index contributed by atoms with van der Waals surface area (Å²) in [6.45, 7) is 2.42. The van der Waals surface area contributed by atoms with Crippen LogP contribution in [0.1, 0.15) is 11.1 Å². The molecule has 94 valence electrons. The van der Waals surface area contributed by atoms with E-state index in [1.165, 1.54) is 6.07 Å². The van der Waals surface area contributed by atoms with Crippen LogP contribution in [0.25, 0.3) is 0 Å². The van der Waals surface area contributed by atoms with Crippen LogP contribution in [0.15, 0.2) is 40.9 Å². The van der Waals surface area contributed by atoms with E-state index in [-0.39, 0.29) is 5.82 Å². The summed E-state index contributed by atoms with van der Waals surface area (Å²) in [5, 5.41) is 3.94. The van der Waals surface area contributed by atoms with E-state index in [0.717, 1.165) is 15.7 Å². The van der Waals surface area contributed by atoms with Gasteiger partial charge in [-0.2, -0.15) is 0 Å². The Labute approximate surface area is 119 Å². The minimum Gasteiger partial charge on any atom is -0.381 e. The standard InChI is InChI=1S/C14H12BrClFN/c1-9-6-11(3-5-14(9)17)18-8-10-2-4-13(16)12(15)7-10/h2-7,18H,8H2,1H3. The van der Waals surface area contributed by atoms with Gasteiger partial charge in [-0.25, -0.2) is 4.39 Å². The number of anilines is 1. The van der Waals surface area contributed by atoms with E-state index >= 15 is 0 Å². The third-order valence-electron chi connectivity index (χ3n) is 2.64. The number of hydrogen-bond donors (Lipinski definition) is 1. The largest absolute Gasteiger partial charge is 0.381 e. The average Bonchev–Trinajstić information content (AvgIpc) is 2.35. The Morgan fingerprint density at radius 1 is 1.22 bits per heavy atom. The van der Waals surface area contributed by atoms with Crippen LogP contribution in [0.4, 0.5) is 10.1 Å². The van der Waals surface area contributed by atoms with Crippen molar-refractivity contribution in [2.24, 2.45) is 0 Å². The molecule has 0 fully saturated rings. The molecule has 2 aromatic carbocycles. The van der Waals surface area contributed by atoms with Crippen LogP contribution < -0.4 is 5.32 Å². The Balaban J connectivity index is 2.06. The lowest BCUT2D eigenvalue weighted by atomic mass is 10.2. The third-order valence-corrected chi connectivity index (χ3v) is 3.85. The molecule has 0 bridgehead atoms. The van der Waals surface area contributed by atoms with Gasteiger partial charge in [0.15, 0.2) is 0 Å². The number of rotatable bonds is 3. The van der Waals surface area contributed by atoms with Crippen molar-refractivity contribution in [1.29, 1.82) is 0 Å². The maximum absolute atomic E-state index is 13.1. The lowest BCUT2D eigenvalue weighted by molar-refractivity contribution is 0.618. The second-order valence-corrected chi connectivity index (χ2v) is 5.33. The van der Waals surface area contributed by atoms with Crippen molar-refractivity contribution in [3.63, 3.8) is 0 Å². The lowest BCUT2D eigenvalue weighted by Gasteiger charge is -2.08. The summed E-state index contributed by atoms with van der Waals surface area (Å²) in [6.07, 6.45) is 0. The first-order chi connectivity index (χ1) is 8.56. The van der Waals surface area contributed by atoms with Crippen LogP contribution in [0, 0.1) is 12.7 Å². The molecule has 2 rings (SSSR count). The monoisotopic (exact) mass is 327 g/mol. The maximum atomic E-state index is 13.1. The van der Waals surface area contributed by atoms with Crippen molar-refractivity contribution in [2.45, 2.75) is 13.5 Å². The van der Waals surface area contributed by atoms with Crippen molar-refractivity contribution in [3.8, 4) is 0 Å². The molecule has 0 saturated heterocycles. The Morgan fingerprint density at radius 2 is 2.00 bits per heavy atom. The molecule has 0 aliphatic rings. The van der Waals surface area contributed by atoms with Crippen molar-refractivity contribution in [2.75, 3.05) is 5.32 Å². The molecule has 0 heterocycles. The second kappa shape index (κ2) is 5.72. The van der Waals surface area contributed by atoms with E-state index in [1.807, 2.05) is 18.2 Å². The van der Waals surface area contributed by atoms with E-state index in [0.29, 0.717) is 17.1 Å². The smallest absolute Gasteiger partial charge is 0.126 e. The predicted octanol–water partition coefficient (Wildman–Crippen LogP) is 5.16. The van der Waals surface area contributed by atoms with Gasteiger partial charge in [-0.3, -0.25) is 0 Å². The molecule has 4 heteroatoms. The summed E-state index contributed by atoms with van der Waals surface area (Å²) in [6, 6.07) is 10.8. The highest BCUT2D eigenvalue weighted by molar-refractivity contribution is 9.10. The summed E-state index contributed by atoms with van der Waals surface area (Å²) in [4.78, 5) is 0. The van der Waals surface area contributed by atoms with Gasteiger partial charge in [0.1, 0.15) is 5.82 Å². The van der Waals surface area contributed by atoms with Crippen LogP contribution in [0.5, 0.6) is 0 Å². The number of aryl methyl sites for hydroxylation is 1. The van der Waals surface area contributed by atoms with Crippen LogP contribution in [0.3, 0.4) is 0 Å². The van der Waals surface area contributed by atoms with E-state index in [4.69, 9.17) is 11.6 Å². The molecule has 0 atom stereocenters. The zero-order valence-corrected chi connectivity index (χ0v) is 12.1. The fourth-order valence-corrected chi connectivity index (χ4v) is 2.15. The number of benzene rings is 2. The van der Waals surface area contributed by atoms with E-state index in [9.17, 15) is 4.39 Å². The number of nitrogens with one attached hydrogen (secondary N) is 1. The first-order valence-electron chi connectivity index (χ1n) is 5.50. The molecule has 0 saturated carbocycles. The number of hydrogen-bond acceptors (Lipinski definition) is 1.